The quantitative estimate of drug-likeness (QED) is 0.285. The fraction of sp³-hybridized carbons (Fsp3) is 0.238. The molecule has 4 rings (SSSR count). The lowest BCUT2D eigenvalue weighted by Gasteiger charge is -2.12. The number of para-hydroxylation sites is 1. The average Bonchev–Trinajstić information content (AvgIpc) is 3.14. The minimum atomic E-state index is -0.414. The van der Waals surface area contributed by atoms with Crippen LogP contribution in [0.4, 0.5) is 11.5 Å². The van der Waals surface area contributed by atoms with Gasteiger partial charge in [0, 0.05) is 29.4 Å². The van der Waals surface area contributed by atoms with E-state index in [2.05, 4.69) is 20.2 Å². The highest BCUT2D eigenvalue weighted by molar-refractivity contribution is 5.92. The Morgan fingerprint density at radius 1 is 1.14 bits per heavy atom. The Kier molecular flexibility index (Phi) is 5.09. The van der Waals surface area contributed by atoms with E-state index in [0.717, 1.165) is 23.9 Å². The third-order valence-corrected chi connectivity index (χ3v) is 4.61. The summed E-state index contributed by atoms with van der Waals surface area (Å²) in [5, 5.41) is 16.1. The lowest BCUT2D eigenvalue weighted by Crippen LogP contribution is -2.17. The highest BCUT2D eigenvalue weighted by Crippen LogP contribution is 2.30. The maximum atomic E-state index is 11.2. The fourth-order valence-corrected chi connectivity index (χ4v) is 3.17. The summed E-state index contributed by atoms with van der Waals surface area (Å²) in [4.78, 5) is 22.1. The van der Waals surface area contributed by atoms with Crippen LogP contribution in [0.25, 0.3) is 33.5 Å². The van der Waals surface area contributed by atoms with Gasteiger partial charge in [-0.25, -0.2) is 9.97 Å². The van der Waals surface area contributed by atoms with Crippen molar-refractivity contribution in [2.24, 2.45) is 0 Å². The normalized spacial score (nSPS) is 11.4. The van der Waals surface area contributed by atoms with Crippen LogP contribution < -0.4 is 5.32 Å². The Bertz CT molecular complexity index is 1150. The van der Waals surface area contributed by atoms with Crippen LogP contribution in [0.15, 0.2) is 52.9 Å². The van der Waals surface area contributed by atoms with Gasteiger partial charge in [-0.15, -0.1) is 0 Å². The molecule has 2 heterocycles. The molecule has 148 valence electrons. The van der Waals surface area contributed by atoms with Crippen LogP contribution >= 0.6 is 0 Å². The van der Waals surface area contributed by atoms with E-state index in [0.29, 0.717) is 34.9 Å². The van der Waals surface area contributed by atoms with Gasteiger partial charge in [0.2, 0.25) is 0 Å². The second kappa shape index (κ2) is 7.84. The minimum Gasteiger partial charge on any atom is -0.453 e. The van der Waals surface area contributed by atoms with Crippen molar-refractivity contribution in [3.8, 4) is 11.6 Å². The number of nitrogens with zero attached hydrogens (tertiary/aromatic N) is 4. The maximum Gasteiger partial charge on any atom is 0.270 e. The van der Waals surface area contributed by atoms with Gasteiger partial charge in [0.25, 0.3) is 5.69 Å². The van der Waals surface area contributed by atoms with Crippen molar-refractivity contribution in [3.05, 3.63) is 58.6 Å². The molecule has 0 spiro atoms. The molecule has 0 saturated heterocycles. The zero-order valence-corrected chi connectivity index (χ0v) is 16.3. The first-order chi connectivity index (χ1) is 14.0. The third-order valence-electron chi connectivity index (χ3n) is 4.61. The van der Waals surface area contributed by atoms with E-state index in [-0.39, 0.29) is 5.69 Å². The van der Waals surface area contributed by atoms with Gasteiger partial charge in [0.05, 0.1) is 10.4 Å². The molecule has 0 amide bonds. The zero-order chi connectivity index (χ0) is 20.4. The summed E-state index contributed by atoms with van der Waals surface area (Å²) in [6.07, 6.45) is 0.910. The van der Waals surface area contributed by atoms with E-state index < -0.39 is 4.92 Å². The van der Waals surface area contributed by atoms with E-state index >= 15 is 0 Å². The highest BCUT2D eigenvalue weighted by Gasteiger charge is 2.16. The van der Waals surface area contributed by atoms with E-state index in [4.69, 9.17) is 4.42 Å². The lowest BCUT2D eigenvalue weighted by molar-refractivity contribution is -0.384. The minimum absolute atomic E-state index is 0.00827. The van der Waals surface area contributed by atoms with Gasteiger partial charge in [-0.1, -0.05) is 18.2 Å². The number of nitro groups is 1. The first-order valence-electron chi connectivity index (χ1n) is 9.35. The predicted molar refractivity (Wildman–Crippen MR) is 113 cm³/mol. The van der Waals surface area contributed by atoms with Crippen LogP contribution in [0.2, 0.25) is 0 Å². The van der Waals surface area contributed by atoms with Crippen molar-refractivity contribution >= 4 is 33.4 Å². The van der Waals surface area contributed by atoms with Crippen molar-refractivity contribution in [3.63, 3.8) is 0 Å². The standard InChI is InChI=1S/C21H21N5O3/c1-25(2)11-5-10-22-20-16-13-15(26(27)28)8-9-17(16)23-21(24-20)19-12-14-6-3-4-7-18(14)29-19/h3-4,6-9,12-13H,5,10-11H2,1-2H3,(H,22,23,24). The van der Waals surface area contributed by atoms with Crippen molar-refractivity contribution in [2.45, 2.75) is 6.42 Å². The largest absolute Gasteiger partial charge is 0.453 e. The SMILES string of the molecule is CN(C)CCCNc1nc(-c2cc3ccccc3o2)nc2ccc([N+](=O)[O-])cc12. The molecule has 0 radical (unpaired) electrons. The first-order valence-corrected chi connectivity index (χ1v) is 9.35. The van der Waals surface area contributed by atoms with Crippen molar-refractivity contribution in [1.29, 1.82) is 0 Å². The number of hydrogen-bond donors (Lipinski definition) is 1. The van der Waals surface area contributed by atoms with E-state index in [9.17, 15) is 10.1 Å². The Balaban J connectivity index is 1.76. The topological polar surface area (TPSA) is 97.3 Å². The van der Waals surface area contributed by atoms with Crippen LogP contribution in [-0.2, 0) is 0 Å². The molecule has 0 atom stereocenters. The summed E-state index contributed by atoms with van der Waals surface area (Å²) in [5.74, 6) is 1.56. The number of benzene rings is 2. The average molecular weight is 391 g/mol. The van der Waals surface area contributed by atoms with Gasteiger partial charge in [0.1, 0.15) is 11.4 Å². The molecular weight excluding hydrogens is 370 g/mol. The predicted octanol–water partition coefficient (Wildman–Crippen LogP) is 4.31. The Hall–Kier alpha value is -3.52. The number of aromatic nitrogens is 2. The van der Waals surface area contributed by atoms with Crippen LogP contribution in [0, 0.1) is 10.1 Å². The summed E-state index contributed by atoms with van der Waals surface area (Å²) in [6, 6.07) is 14.2. The molecule has 8 heteroatoms. The molecule has 1 N–H and O–H groups in total. The van der Waals surface area contributed by atoms with Crippen LogP contribution in [0.3, 0.4) is 0 Å². The smallest absolute Gasteiger partial charge is 0.270 e. The number of furan rings is 1. The van der Waals surface area contributed by atoms with Crippen LogP contribution in [-0.4, -0.2) is 47.0 Å². The van der Waals surface area contributed by atoms with Gasteiger partial charge in [-0.2, -0.15) is 0 Å². The van der Waals surface area contributed by atoms with Crippen molar-refractivity contribution < 1.29 is 9.34 Å². The van der Waals surface area contributed by atoms with Crippen LogP contribution in [0.5, 0.6) is 0 Å². The number of hydrogen-bond acceptors (Lipinski definition) is 7. The van der Waals surface area contributed by atoms with Gasteiger partial charge >= 0.3 is 0 Å². The molecule has 8 nitrogen and oxygen atoms in total. The molecule has 29 heavy (non-hydrogen) atoms. The molecule has 2 aromatic heterocycles. The molecule has 0 bridgehead atoms. The zero-order valence-electron chi connectivity index (χ0n) is 16.3. The number of nitrogens with one attached hydrogen (secondary N) is 1. The van der Waals surface area contributed by atoms with Gasteiger partial charge in [0.15, 0.2) is 11.6 Å². The van der Waals surface area contributed by atoms with Crippen molar-refractivity contribution in [2.75, 3.05) is 32.5 Å². The third kappa shape index (κ3) is 4.02. The van der Waals surface area contributed by atoms with E-state index in [1.807, 2.05) is 44.4 Å². The summed E-state index contributed by atoms with van der Waals surface area (Å²) >= 11 is 0. The molecule has 4 aromatic rings. The molecule has 0 aliphatic heterocycles. The molecule has 0 aliphatic rings. The molecule has 0 fully saturated rings. The van der Waals surface area contributed by atoms with E-state index in [1.54, 1.807) is 6.07 Å². The molecule has 0 unspecified atom stereocenters. The van der Waals surface area contributed by atoms with E-state index in [1.165, 1.54) is 12.1 Å². The van der Waals surface area contributed by atoms with Crippen molar-refractivity contribution in [1.82, 2.24) is 14.9 Å². The molecule has 0 aliphatic carbocycles. The fourth-order valence-electron chi connectivity index (χ4n) is 3.17. The summed E-state index contributed by atoms with van der Waals surface area (Å²) in [6.45, 7) is 1.61. The Labute approximate surface area is 167 Å². The Morgan fingerprint density at radius 2 is 1.97 bits per heavy atom. The highest BCUT2D eigenvalue weighted by atomic mass is 16.6. The monoisotopic (exact) mass is 391 g/mol. The number of anilines is 1. The second-order valence-electron chi connectivity index (χ2n) is 7.09. The summed E-state index contributed by atoms with van der Waals surface area (Å²) in [7, 11) is 4.03. The number of non-ortho nitro benzene ring substituents is 1. The first kappa shape index (κ1) is 18.8. The maximum absolute atomic E-state index is 11.2. The molecule has 2 aromatic carbocycles. The lowest BCUT2D eigenvalue weighted by atomic mass is 10.2. The molecular formula is C21H21N5O3. The van der Waals surface area contributed by atoms with Gasteiger partial charge in [-0.3, -0.25) is 10.1 Å². The van der Waals surface area contributed by atoms with Gasteiger partial charge < -0.3 is 14.6 Å². The summed E-state index contributed by atoms with van der Waals surface area (Å²) < 4.78 is 5.91. The number of rotatable bonds is 7. The second-order valence-corrected chi connectivity index (χ2v) is 7.09. The Morgan fingerprint density at radius 3 is 2.72 bits per heavy atom. The molecule has 0 saturated carbocycles. The number of fused-ring (bicyclic) bond motifs is 2. The number of nitro benzene ring substituents is 1. The van der Waals surface area contributed by atoms with Gasteiger partial charge in [-0.05, 0) is 45.3 Å². The van der Waals surface area contributed by atoms with Crippen LogP contribution in [0.1, 0.15) is 6.42 Å². The summed E-state index contributed by atoms with van der Waals surface area (Å²) in [5.41, 5.74) is 1.39.